The van der Waals surface area contributed by atoms with Gasteiger partial charge in [0.25, 0.3) is 0 Å². The number of pyridine rings is 1. The molecule has 0 aliphatic carbocycles. The Hall–Kier alpha value is -1.36. The summed E-state index contributed by atoms with van der Waals surface area (Å²) in [6.07, 6.45) is 4.63. The van der Waals surface area contributed by atoms with Gasteiger partial charge in [0.2, 0.25) is 0 Å². The van der Waals surface area contributed by atoms with Gasteiger partial charge in [0.05, 0.1) is 11.7 Å². The third kappa shape index (κ3) is 2.49. The van der Waals surface area contributed by atoms with Crippen molar-refractivity contribution in [1.82, 2.24) is 9.55 Å². The molecule has 0 N–H and O–H groups in total. The maximum absolute atomic E-state index is 11.9. The smallest absolute Gasteiger partial charge is 0.419 e. The van der Waals surface area contributed by atoms with Crippen molar-refractivity contribution in [1.29, 1.82) is 0 Å². The average molecular weight is 297 g/mol. The standard InChI is InChI=1S/C12H13BrN2O2/c1-12(2,3)17-11(16)15-5-4-8-9(13)6-14-7-10(8)15/h4-7H,1-3H3. The van der Waals surface area contributed by atoms with Crippen LogP contribution in [0, 0.1) is 0 Å². The third-order valence-electron chi connectivity index (χ3n) is 2.16. The molecule has 0 unspecified atom stereocenters. The number of ether oxygens (including phenoxy) is 1. The molecule has 0 aliphatic heterocycles. The van der Waals surface area contributed by atoms with Gasteiger partial charge in [-0.3, -0.25) is 9.55 Å². The molecule has 90 valence electrons. The van der Waals surface area contributed by atoms with Gasteiger partial charge in [-0.1, -0.05) is 0 Å². The molecule has 4 nitrogen and oxygen atoms in total. The van der Waals surface area contributed by atoms with Crippen molar-refractivity contribution >= 4 is 32.9 Å². The zero-order valence-corrected chi connectivity index (χ0v) is 11.5. The maximum Gasteiger partial charge on any atom is 0.419 e. The molecule has 2 aromatic rings. The third-order valence-corrected chi connectivity index (χ3v) is 2.79. The average Bonchev–Trinajstić information content (AvgIpc) is 2.60. The lowest BCUT2D eigenvalue weighted by molar-refractivity contribution is 0.0544. The van der Waals surface area contributed by atoms with Crippen LogP contribution < -0.4 is 0 Å². The Balaban J connectivity index is 2.43. The van der Waals surface area contributed by atoms with Crippen LogP contribution in [0.4, 0.5) is 4.79 Å². The van der Waals surface area contributed by atoms with Crippen LogP contribution in [-0.2, 0) is 4.74 Å². The van der Waals surface area contributed by atoms with E-state index in [0.717, 1.165) is 15.4 Å². The second kappa shape index (κ2) is 4.14. The predicted molar refractivity (Wildman–Crippen MR) is 69.1 cm³/mol. The van der Waals surface area contributed by atoms with Crippen LogP contribution in [0.1, 0.15) is 20.8 Å². The summed E-state index contributed by atoms with van der Waals surface area (Å²) in [4.78, 5) is 16.0. The normalized spacial score (nSPS) is 11.8. The van der Waals surface area contributed by atoms with Crippen molar-refractivity contribution in [3.63, 3.8) is 0 Å². The fourth-order valence-corrected chi connectivity index (χ4v) is 1.94. The quantitative estimate of drug-likeness (QED) is 0.746. The highest BCUT2D eigenvalue weighted by Crippen LogP contribution is 2.24. The molecule has 0 spiro atoms. The van der Waals surface area contributed by atoms with Crippen molar-refractivity contribution in [3.05, 3.63) is 29.1 Å². The second-order valence-electron chi connectivity index (χ2n) is 4.72. The van der Waals surface area contributed by atoms with Gasteiger partial charge in [0.1, 0.15) is 5.60 Å². The minimum atomic E-state index is -0.507. The molecule has 2 aromatic heterocycles. The van der Waals surface area contributed by atoms with Crippen LogP contribution in [0.5, 0.6) is 0 Å². The van der Waals surface area contributed by atoms with Crippen molar-refractivity contribution in [2.45, 2.75) is 26.4 Å². The monoisotopic (exact) mass is 296 g/mol. The molecule has 0 amide bonds. The zero-order chi connectivity index (χ0) is 12.6. The molecule has 5 heteroatoms. The first-order valence-electron chi connectivity index (χ1n) is 5.22. The van der Waals surface area contributed by atoms with Crippen LogP contribution >= 0.6 is 15.9 Å². The lowest BCUT2D eigenvalue weighted by Crippen LogP contribution is -2.26. The molecule has 2 rings (SSSR count). The summed E-state index contributed by atoms with van der Waals surface area (Å²) in [5, 5.41) is 0.936. The van der Waals surface area contributed by atoms with Crippen LogP contribution in [-0.4, -0.2) is 21.2 Å². The number of carbonyl (C=O) groups is 1. The second-order valence-corrected chi connectivity index (χ2v) is 5.57. The van der Waals surface area contributed by atoms with E-state index in [1.165, 1.54) is 4.57 Å². The van der Waals surface area contributed by atoms with Gasteiger partial charge in [0, 0.05) is 22.3 Å². The molecular formula is C12H13BrN2O2. The largest absolute Gasteiger partial charge is 0.443 e. The number of hydrogen-bond acceptors (Lipinski definition) is 3. The van der Waals surface area contributed by atoms with Crippen LogP contribution in [0.3, 0.4) is 0 Å². The molecule has 17 heavy (non-hydrogen) atoms. The Morgan fingerprint density at radius 2 is 2.12 bits per heavy atom. The highest BCUT2D eigenvalue weighted by Gasteiger charge is 2.19. The summed E-state index contributed by atoms with van der Waals surface area (Å²) in [5.41, 5.74) is 0.223. The summed E-state index contributed by atoms with van der Waals surface area (Å²) in [7, 11) is 0. The van der Waals surface area contributed by atoms with E-state index in [-0.39, 0.29) is 0 Å². The lowest BCUT2D eigenvalue weighted by atomic mass is 10.2. The van der Waals surface area contributed by atoms with E-state index in [0.29, 0.717) is 0 Å². The molecule has 0 fully saturated rings. The zero-order valence-electron chi connectivity index (χ0n) is 9.90. The van der Waals surface area contributed by atoms with Gasteiger partial charge in [-0.25, -0.2) is 4.79 Å². The van der Waals surface area contributed by atoms with Crippen molar-refractivity contribution in [2.75, 3.05) is 0 Å². The highest BCUT2D eigenvalue weighted by atomic mass is 79.9. The molecule has 2 heterocycles. The molecule has 0 saturated carbocycles. The molecule has 0 atom stereocenters. The van der Waals surface area contributed by atoms with E-state index in [2.05, 4.69) is 20.9 Å². The van der Waals surface area contributed by atoms with Gasteiger partial charge in [-0.2, -0.15) is 0 Å². The number of aromatic nitrogens is 2. The summed E-state index contributed by atoms with van der Waals surface area (Å²) in [6, 6.07) is 1.85. The van der Waals surface area contributed by atoms with Gasteiger partial charge in [-0.15, -0.1) is 0 Å². The van der Waals surface area contributed by atoms with Crippen LogP contribution in [0.15, 0.2) is 29.1 Å². The maximum atomic E-state index is 11.9. The van der Waals surface area contributed by atoms with E-state index in [1.54, 1.807) is 18.6 Å². The highest BCUT2D eigenvalue weighted by molar-refractivity contribution is 9.10. The predicted octanol–water partition coefficient (Wildman–Crippen LogP) is 3.58. The minimum Gasteiger partial charge on any atom is -0.443 e. The molecular weight excluding hydrogens is 284 g/mol. The molecule has 0 aliphatic rings. The fraction of sp³-hybridized carbons (Fsp3) is 0.333. The van der Waals surface area contributed by atoms with Gasteiger partial charge in [0.15, 0.2) is 0 Å². The summed E-state index contributed by atoms with van der Waals surface area (Å²) >= 11 is 3.39. The van der Waals surface area contributed by atoms with E-state index in [1.807, 2.05) is 26.8 Å². The van der Waals surface area contributed by atoms with E-state index in [9.17, 15) is 4.79 Å². The Morgan fingerprint density at radius 1 is 1.41 bits per heavy atom. The van der Waals surface area contributed by atoms with Gasteiger partial charge in [-0.05, 0) is 42.8 Å². The molecule has 0 aromatic carbocycles. The summed E-state index contributed by atoms with van der Waals surface area (Å²) < 4.78 is 7.63. The molecule has 0 radical (unpaired) electrons. The number of carbonyl (C=O) groups excluding carboxylic acids is 1. The lowest BCUT2D eigenvalue weighted by Gasteiger charge is -2.19. The Kier molecular flexibility index (Phi) is 2.95. The van der Waals surface area contributed by atoms with Crippen molar-refractivity contribution in [2.24, 2.45) is 0 Å². The number of halogens is 1. The first-order valence-corrected chi connectivity index (χ1v) is 6.02. The first kappa shape index (κ1) is 12.1. The number of rotatable bonds is 0. The Morgan fingerprint density at radius 3 is 2.76 bits per heavy atom. The van der Waals surface area contributed by atoms with Gasteiger partial charge >= 0.3 is 6.09 Å². The van der Waals surface area contributed by atoms with E-state index in [4.69, 9.17) is 4.74 Å². The topological polar surface area (TPSA) is 44.1 Å². The summed E-state index contributed by atoms with van der Waals surface area (Å²) in [5.74, 6) is 0. The van der Waals surface area contributed by atoms with Gasteiger partial charge < -0.3 is 4.74 Å². The Labute approximate surface area is 108 Å². The van der Waals surface area contributed by atoms with E-state index < -0.39 is 11.7 Å². The number of fused-ring (bicyclic) bond motifs is 1. The van der Waals surface area contributed by atoms with Crippen LogP contribution in [0.25, 0.3) is 10.9 Å². The van der Waals surface area contributed by atoms with Crippen molar-refractivity contribution in [3.8, 4) is 0 Å². The first-order chi connectivity index (χ1) is 7.88. The molecule has 0 bridgehead atoms. The number of hydrogen-bond donors (Lipinski definition) is 0. The number of nitrogens with zero attached hydrogens (tertiary/aromatic N) is 2. The SMILES string of the molecule is CC(C)(C)OC(=O)n1ccc2c(Br)cncc21. The van der Waals surface area contributed by atoms with E-state index >= 15 is 0 Å². The van der Waals surface area contributed by atoms with Crippen molar-refractivity contribution < 1.29 is 9.53 Å². The minimum absolute atomic E-state index is 0.396. The van der Waals surface area contributed by atoms with Crippen LogP contribution in [0.2, 0.25) is 0 Å². The molecule has 0 saturated heterocycles. The fourth-order valence-electron chi connectivity index (χ4n) is 1.49. The summed E-state index contributed by atoms with van der Waals surface area (Å²) in [6.45, 7) is 5.51. The Bertz CT molecular complexity index is 569.